The van der Waals surface area contributed by atoms with Gasteiger partial charge in [0.1, 0.15) is 0 Å². The molecule has 0 amide bonds. The summed E-state index contributed by atoms with van der Waals surface area (Å²) in [6.07, 6.45) is 4.37. The molecule has 22 heavy (non-hydrogen) atoms. The molecular formula is C19H17N3. The molecule has 0 saturated carbocycles. The molecule has 0 unspecified atom stereocenters. The largest absolute Gasteiger partial charge is 0.278 e. The zero-order valence-corrected chi connectivity index (χ0v) is 12.2. The highest BCUT2D eigenvalue weighted by Crippen LogP contribution is 2.10. The van der Waals surface area contributed by atoms with Crippen molar-refractivity contribution in [3.8, 4) is 0 Å². The summed E-state index contributed by atoms with van der Waals surface area (Å²) >= 11 is 0. The van der Waals surface area contributed by atoms with Crippen LogP contribution in [0.25, 0.3) is 0 Å². The first-order chi connectivity index (χ1) is 10.9. The number of nitrogens with one attached hydrogen (secondary N) is 1. The Kier molecular flexibility index (Phi) is 4.57. The first kappa shape index (κ1) is 14.0. The third-order valence-electron chi connectivity index (χ3n) is 3.32. The van der Waals surface area contributed by atoms with Gasteiger partial charge in [0.2, 0.25) is 0 Å². The van der Waals surface area contributed by atoms with E-state index in [1.807, 2.05) is 73.1 Å². The van der Waals surface area contributed by atoms with Crippen molar-refractivity contribution in [2.75, 3.05) is 5.43 Å². The fourth-order valence-corrected chi connectivity index (χ4v) is 2.18. The Balaban J connectivity index is 1.86. The molecular weight excluding hydrogens is 270 g/mol. The lowest BCUT2D eigenvalue weighted by Gasteiger charge is -2.08. The Morgan fingerprint density at radius 3 is 2.14 bits per heavy atom. The van der Waals surface area contributed by atoms with Gasteiger partial charge in [0.15, 0.2) is 0 Å². The SMILES string of the molecule is c1ccc(N/N=C(\Cc2ccncc2)c2ccccc2)cc1. The number of pyridine rings is 1. The molecule has 3 aromatic rings. The maximum atomic E-state index is 4.61. The van der Waals surface area contributed by atoms with Crippen LogP contribution in [0.1, 0.15) is 11.1 Å². The third-order valence-corrected chi connectivity index (χ3v) is 3.32. The van der Waals surface area contributed by atoms with Crippen LogP contribution in [0.15, 0.2) is 90.3 Å². The highest BCUT2D eigenvalue weighted by atomic mass is 15.3. The van der Waals surface area contributed by atoms with E-state index < -0.39 is 0 Å². The molecule has 2 aromatic carbocycles. The topological polar surface area (TPSA) is 37.3 Å². The van der Waals surface area contributed by atoms with Gasteiger partial charge < -0.3 is 0 Å². The lowest BCUT2D eigenvalue weighted by Crippen LogP contribution is -2.08. The highest BCUT2D eigenvalue weighted by Gasteiger charge is 2.05. The number of anilines is 1. The standard InChI is InChI=1S/C19H17N3/c1-3-7-17(8-4-1)19(15-16-11-13-20-14-12-16)22-21-18-9-5-2-6-10-18/h1-14,21H,15H2/b22-19+. The predicted molar refractivity (Wildman–Crippen MR) is 91.0 cm³/mol. The second-order valence-electron chi connectivity index (χ2n) is 4.93. The molecule has 1 heterocycles. The van der Waals surface area contributed by atoms with Crippen LogP contribution in [0.5, 0.6) is 0 Å². The minimum atomic E-state index is 0.756. The monoisotopic (exact) mass is 287 g/mol. The fraction of sp³-hybridized carbons (Fsp3) is 0.0526. The minimum Gasteiger partial charge on any atom is -0.278 e. The van der Waals surface area contributed by atoms with Crippen LogP contribution < -0.4 is 5.43 Å². The fourth-order valence-electron chi connectivity index (χ4n) is 2.18. The molecule has 0 spiro atoms. The summed E-state index contributed by atoms with van der Waals surface area (Å²) < 4.78 is 0. The molecule has 1 N–H and O–H groups in total. The second kappa shape index (κ2) is 7.18. The third kappa shape index (κ3) is 3.79. The number of para-hydroxylation sites is 1. The summed E-state index contributed by atoms with van der Waals surface area (Å²) in [7, 11) is 0. The van der Waals surface area contributed by atoms with Gasteiger partial charge >= 0.3 is 0 Å². The molecule has 3 heteroatoms. The smallest absolute Gasteiger partial charge is 0.0723 e. The molecule has 0 aliphatic rings. The molecule has 0 radical (unpaired) electrons. The second-order valence-corrected chi connectivity index (χ2v) is 4.93. The van der Waals surface area contributed by atoms with Crippen molar-refractivity contribution in [2.24, 2.45) is 5.10 Å². The number of aromatic nitrogens is 1. The quantitative estimate of drug-likeness (QED) is 0.565. The van der Waals surface area contributed by atoms with Crippen molar-refractivity contribution in [2.45, 2.75) is 6.42 Å². The zero-order valence-electron chi connectivity index (χ0n) is 12.2. The molecule has 0 bridgehead atoms. The molecule has 0 atom stereocenters. The number of hydrogen-bond donors (Lipinski definition) is 1. The van der Waals surface area contributed by atoms with E-state index in [4.69, 9.17) is 0 Å². The highest BCUT2D eigenvalue weighted by molar-refractivity contribution is 6.02. The van der Waals surface area contributed by atoms with Crippen LogP contribution >= 0.6 is 0 Å². The van der Waals surface area contributed by atoms with Gasteiger partial charge in [-0.05, 0) is 35.4 Å². The summed E-state index contributed by atoms with van der Waals surface area (Å²) in [4.78, 5) is 4.06. The van der Waals surface area contributed by atoms with Crippen LogP contribution in [0.3, 0.4) is 0 Å². The minimum absolute atomic E-state index is 0.756. The van der Waals surface area contributed by atoms with Crippen LogP contribution in [0.2, 0.25) is 0 Å². The molecule has 1 aromatic heterocycles. The lowest BCUT2D eigenvalue weighted by atomic mass is 10.0. The van der Waals surface area contributed by atoms with Crippen LogP contribution in [-0.2, 0) is 6.42 Å². The van der Waals surface area contributed by atoms with E-state index in [1.165, 1.54) is 5.56 Å². The molecule has 3 nitrogen and oxygen atoms in total. The Morgan fingerprint density at radius 1 is 0.818 bits per heavy atom. The van der Waals surface area contributed by atoms with E-state index in [-0.39, 0.29) is 0 Å². The van der Waals surface area contributed by atoms with Gasteiger partial charge in [-0.3, -0.25) is 10.4 Å². The summed E-state index contributed by atoms with van der Waals surface area (Å²) in [6, 6.07) is 24.2. The summed E-state index contributed by atoms with van der Waals surface area (Å²) in [5.41, 5.74) is 7.41. The molecule has 0 fully saturated rings. The van der Waals surface area contributed by atoms with Gasteiger partial charge in [-0.2, -0.15) is 5.10 Å². The van der Waals surface area contributed by atoms with Crippen molar-refractivity contribution in [3.05, 3.63) is 96.3 Å². The average molecular weight is 287 g/mol. The van der Waals surface area contributed by atoms with Crippen molar-refractivity contribution in [1.82, 2.24) is 4.98 Å². The first-order valence-electron chi connectivity index (χ1n) is 7.24. The van der Waals surface area contributed by atoms with Gasteiger partial charge in [-0.25, -0.2) is 0 Å². The maximum Gasteiger partial charge on any atom is 0.0723 e. The average Bonchev–Trinajstić information content (AvgIpc) is 2.61. The van der Waals surface area contributed by atoms with Gasteiger partial charge in [0, 0.05) is 18.8 Å². The first-order valence-corrected chi connectivity index (χ1v) is 7.24. The van der Waals surface area contributed by atoms with Crippen LogP contribution in [0.4, 0.5) is 5.69 Å². The van der Waals surface area contributed by atoms with Crippen LogP contribution in [-0.4, -0.2) is 10.7 Å². The van der Waals surface area contributed by atoms with E-state index in [0.717, 1.165) is 23.4 Å². The zero-order chi connectivity index (χ0) is 15.0. The van der Waals surface area contributed by atoms with E-state index >= 15 is 0 Å². The summed E-state index contributed by atoms with van der Waals surface area (Å²) in [5.74, 6) is 0. The van der Waals surface area contributed by atoms with Crippen molar-refractivity contribution < 1.29 is 0 Å². The Labute approximate surface area is 130 Å². The van der Waals surface area contributed by atoms with Crippen molar-refractivity contribution >= 4 is 11.4 Å². The predicted octanol–water partition coefficient (Wildman–Crippen LogP) is 4.14. The number of nitrogens with zero attached hydrogens (tertiary/aromatic N) is 2. The number of rotatable bonds is 5. The number of benzene rings is 2. The number of hydrogen-bond acceptors (Lipinski definition) is 3. The normalized spacial score (nSPS) is 11.2. The molecule has 0 aliphatic heterocycles. The van der Waals surface area contributed by atoms with Crippen LogP contribution in [0, 0.1) is 0 Å². The van der Waals surface area contributed by atoms with Crippen molar-refractivity contribution in [1.29, 1.82) is 0 Å². The summed E-state index contributed by atoms with van der Waals surface area (Å²) in [5, 5.41) is 4.61. The lowest BCUT2D eigenvalue weighted by molar-refractivity contribution is 1.21. The number of hydrazone groups is 1. The van der Waals surface area contributed by atoms with Gasteiger partial charge in [-0.1, -0.05) is 48.5 Å². The summed E-state index contributed by atoms with van der Waals surface area (Å²) in [6.45, 7) is 0. The molecule has 108 valence electrons. The molecule has 3 rings (SSSR count). The van der Waals surface area contributed by atoms with Gasteiger partial charge in [0.25, 0.3) is 0 Å². The maximum absolute atomic E-state index is 4.61. The van der Waals surface area contributed by atoms with E-state index in [1.54, 1.807) is 0 Å². The van der Waals surface area contributed by atoms with Crippen molar-refractivity contribution in [3.63, 3.8) is 0 Å². The van der Waals surface area contributed by atoms with E-state index in [2.05, 4.69) is 27.6 Å². The van der Waals surface area contributed by atoms with E-state index in [0.29, 0.717) is 0 Å². The van der Waals surface area contributed by atoms with E-state index in [9.17, 15) is 0 Å². The molecule has 0 aliphatic carbocycles. The Morgan fingerprint density at radius 2 is 1.45 bits per heavy atom. The van der Waals surface area contributed by atoms with Gasteiger partial charge in [-0.15, -0.1) is 0 Å². The Hall–Kier alpha value is -2.94. The van der Waals surface area contributed by atoms with Gasteiger partial charge in [0.05, 0.1) is 11.4 Å². The molecule has 0 saturated heterocycles. The Bertz CT molecular complexity index is 722.